The average molecular weight is 490 g/mol. The summed E-state index contributed by atoms with van der Waals surface area (Å²) in [6.45, 7) is 4.19. The van der Waals surface area contributed by atoms with Crippen LogP contribution >= 0.6 is 11.3 Å². The Labute approximate surface area is 197 Å². The second-order valence-corrected chi connectivity index (χ2v) is 8.79. The third-order valence-corrected chi connectivity index (χ3v) is 6.25. The van der Waals surface area contributed by atoms with Gasteiger partial charge < -0.3 is 15.0 Å². The van der Waals surface area contributed by atoms with E-state index in [1.165, 1.54) is 35.6 Å². The van der Waals surface area contributed by atoms with E-state index in [4.69, 9.17) is 4.98 Å². The molecular weight excluding hydrogens is 467 g/mol. The van der Waals surface area contributed by atoms with Gasteiger partial charge in [0.05, 0.1) is 22.6 Å². The van der Waals surface area contributed by atoms with Crippen LogP contribution in [-0.2, 0) is 11.3 Å². The van der Waals surface area contributed by atoms with Gasteiger partial charge in [0.25, 0.3) is 0 Å². The van der Waals surface area contributed by atoms with Crippen LogP contribution < -0.4 is 15.0 Å². The van der Waals surface area contributed by atoms with Crippen molar-refractivity contribution in [2.45, 2.75) is 26.8 Å². The van der Waals surface area contributed by atoms with Crippen LogP contribution in [0.3, 0.4) is 0 Å². The Balaban J connectivity index is 1.39. The number of amides is 1. The topological polar surface area (TPSA) is 72.3 Å². The summed E-state index contributed by atoms with van der Waals surface area (Å²) in [4.78, 5) is 18.9. The van der Waals surface area contributed by atoms with E-state index in [0.717, 1.165) is 27.3 Å². The molecule has 34 heavy (non-hydrogen) atoms. The number of nitrogens with one attached hydrogen (secondary N) is 1. The summed E-state index contributed by atoms with van der Waals surface area (Å²) in [6.07, 6.45) is -4.74. The molecule has 2 aromatic carbocycles. The van der Waals surface area contributed by atoms with Crippen molar-refractivity contribution in [2.75, 3.05) is 18.5 Å². The molecule has 2 aromatic heterocycles. The smallest absolute Gasteiger partial charge is 0.406 e. The van der Waals surface area contributed by atoms with E-state index < -0.39 is 6.36 Å². The molecule has 0 saturated carbocycles. The van der Waals surface area contributed by atoms with E-state index in [1.54, 1.807) is 16.6 Å². The molecule has 0 fully saturated rings. The molecule has 0 saturated heterocycles. The standard InChI is InChI=1S/C23H22F3N5O2S/c1-14-5-4-6-17(11-14)31-21-20(15(2)29-31)34-22(28-21)30(3)13-19(32)27-12-16-7-9-18(10-8-16)33-23(24,25)26/h4-11H,12-13H2,1-3H3,(H,27,32). The average Bonchev–Trinajstić information content (AvgIpc) is 3.33. The molecule has 11 heteroatoms. The van der Waals surface area contributed by atoms with E-state index in [0.29, 0.717) is 10.7 Å². The minimum Gasteiger partial charge on any atom is -0.406 e. The maximum absolute atomic E-state index is 12.4. The van der Waals surface area contributed by atoms with Crippen molar-refractivity contribution < 1.29 is 22.7 Å². The number of carbonyl (C=O) groups is 1. The fourth-order valence-corrected chi connectivity index (χ4v) is 4.32. The molecule has 0 aliphatic carbocycles. The first kappa shape index (κ1) is 23.6. The number of thiazole rings is 1. The number of aryl methyl sites for hydroxylation is 2. The predicted molar refractivity (Wildman–Crippen MR) is 124 cm³/mol. The summed E-state index contributed by atoms with van der Waals surface area (Å²) in [5.74, 6) is -0.549. The molecule has 2 heterocycles. The van der Waals surface area contributed by atoms with E-state index in [9.17, 15) is 18.0 Å². The number of halogens is 3. The third-order valence-electron chi connectivity index (χ3n) is 4.98. The normalized spacial score (nSPS) is 11.6. The molecule has 0 atom stereocenters. The van der Waals surface area contributed by atoms with E-state index >= 15 is 0 Å². The van der Waals surface area contributed by atoms with Crippen LogP contribution in [0.15, 0.2) is 48.5 Å². The zero-order chi connectivity index (χ0) is 24.5. The van der Waals surface area contributed by atoms with Gasteiger partial charge in [-0.25, -0.2) is 4.68 Å². The van der Waals surface area contributed by atoms with Gasteiger partial charge in [-0.3, -0.25) is 4.79 Å². The zero-order valence-corrected chi connectivity index (χ0v) is 19.5. The molecule has 4 aromatic rings. The fourth-order valence-electron chi connectivity index (χ4n) is 3.37. The summed E-state index contributed by atoms with van der Waals surface area (Å²) in [5.41, 5.74) is 4.28. The highest BCUT2D eigenvalue weighted by Crippen LogP contribution is 2.32. The summed E-state index contributed by atoms with van der Waals surface area (Å²) < 4.78 is 43.4. The Morgan fingerprint density at radius 1 is 1.18 bits per heavy atom. The number of alkyl halides is 3. The number of fused-ring (bicyclic) bond motifs is 1. The first-order valence-electron chi connectivity index (χ1n) is 10.3. The number of nitrogens with zero attached hydrogens (tertiary/aromatic N) is 4. The molecule has 0 aliphatic heterocycles. The fraction of sp³-hybridized carbons (Fsp3) is 0.261. The lowest BCUT2D eigenvalue weighted by molar-refractivity contribution is -0.274. The van der Waals surface area contributed by atoms with Crippen LogP contribution in [0.5, 0.6) is 5.75 Å². The minimum atomic E-state index is -4.74. The van der Waals surface area contributed by atoms with Crippen molar-refractivity contribution in [3.05, 3.63) is 65.4 Å². The van der Waals surface area contributed by atoms with Crippen LogP contribution in [-0.4, -0.2) is 40.6 Å². The van der Waals surface area contributed by atoms with Crippen molar-refractivity contribution in [1.29, 1.82) is 0 Å². The molecule has 0 aliphatic rings. The number of rotatable bonds is 7. The number of anilines is 1. The van der Waals surface area contributed by atoms with Gasteiger partial charge in [0.1, 0.15) is 5.75 Å². The molecule has 0 radical (unpaired) electrons. The number of aromatic nitrogens is 3. The first-order valence-corrected chi connectivity index (χ1v) is 11.2. The van der Waals surface area contributed by atoms with Crippen molar-refractivity contribution in [3.63, 3.8) is 0 Å². The first-order chi connectivity index (χ1) is 16.1. The number of benzene rings is 2. The summed E-state index contributed by atoms with van der Waals surface area (Å²) in [7, 11) is 1.78. The highest BCUT2D eigenvalue weighted by molar-refractivity contribution is 7.22. The van der Waals surface area contributed by atoms with Gasteiger partial charge in [0, 0.05) is 13.6 Å². The Morgan fingerprint density at radius 3 is 2.59 bits per heavy atom. The van der Waals surface area contributed by atoms with Crippen molar-refractivity contribution >= 4 is 32.7 Å². The second kappa shape index (κ2) is 9.34. The maximum Gasteiger partial charge on any atom is 0.573 e. The number of carbonyl (C=O) groups excluding carboxylic acids is 1. The van der Waals surface area contributed by atoms with E-state index in [-0.39, 0.29) is 24.7 Å². The van der Waals surface area contributed by atoms with E-state index in [2.05, 4.69) is 15.2 Å². The third kappa shape index (κ3) is 5.48. The Hall–Kier alpha value is -3.60. The number of hydrogen-bond donors (Lipinski definition) is 1. The maximum atomic E-state index is 12.4. The second-order valence-electron chi connectivity index (χ2n) is 7.81. The zero-order valence-electron chi connectivity index (χ0n) is 18.7. The van der Waals surface area contributed by atoms with Gasteiger partial charge in [-0.2, -0.15) is 10.1 Å². The van der Waals surface area contributed by atoms with Crippen LogP contribution in [0.4, 0.5) is 18.3 Å². The molecular formula is C23H22F3N5O2S. The lowest BCUT2D eigenvalue weighted by Crippen LogP contribution is -2.34. The lowest BCUT2D eigenvalue weighted by atomic mass is 10.2. The molecule has 0 bridgehead atoms. The SMILES string of the molecule is Cc1cccc(-n2nc(C)c3sc(N(C)CC(=O)NCc4ccc(OC(F)(F)F)cc4)nc32)c1. The largest absolute Gasteiger partial charge is 0.573 e. The molecule has 1 amide bonds. The van der Waals surface area contributed by atoms with E-state index in [1.807, 2.05) is 38.1 Å². The molecule has 4 rings (SSSR count). The molecule has 7 nitrogen and oxygen atoms in total. The van der Waals surface area contributed by atoms with Crippen molar-refractivity contribution in [3.8, 4) is 11.4 Å². The molecule has 0 spiro atoms. The number of hydrogen-bond acceptors (Lipinski definition) is 6. The van der Waals surface area contributed by atoms with Gasteiger partial charge in [-0.1, -0.05) is 35.6 Å². The molecule has 1 N–H and O–H groups in total. The summed E-state index contributed by atoms with van der Waals surface area (Å²) in [6, 6.07) is 13.3. The quantitative estimate of drug-likeness (QED) is 0.406. The van der Waals surface area contributed by atoms with Crippen LogP contribution in [0.25, 0.3) is 16.0 Å². The van der Waals surface area contributed by atoms with Gasteiger partial charge >= 0.3 is 6.36 Å². The van der Waals surface area contributed by atoms with Crippen LogP contribution in [0, 0.1) is 13.8 Å². The monoisotopic (exact) mass is 489 g/mol. The van der Waals surface area contributed by atoms with Gasteiger partial charge in [-0.15, -0.1) is 13.2 Å². The Bertz CT molecular complexity index is 1310. The van der Waals surface area contributed by atoms with Gasteiger partial charge in [-0.05, 0) is 49.2 Å². The predicted octanol–water partition coefficient (Wildman–Crippen LogP) is 4.75. The van der Waals surface area contributed by atoms with Gasteiger partial charge in [0.2, 0.25) is 5.91 Å². The highest BCUT2D eigenvalue weighted by Gasteiger charge is 2.31. The molecule has 0 unspecified atom stereocenters. The van der Waals surface area contributed by atoms with Crippen molar-refractivity contribution in [2.24, 2.45) is 0 Å². The Morgan fingerprint density at radius 2 is 1.91 bits per heavy atom. The molecule has 178 valence electrons. The number of likely N-dealkylation sites (N-methyl/N-ethyl adjacent to an activating group) is 1. The number of ether oxygens (including phenoxy) is 1. The summed E-state index contributed by atoms with van der Waals surface area (Å²) in [5, 5.41) is 8.05. The highest BCUT2D eigenvalue weighted by atomic mass is 32.1. The minimum absolute atomic E-state index is 0.0717. The van der Waals surface area contributed by atoms with Crippen molar-refractivity contribution in [1.82, 2.24) is 20.1 Å². The van der Waals surface area contributed by atoms with Gasteiger partial charge in [0.15, 0.2) is 10.8 Å². The van der Waals surface area contributed by atoms with Crippen LogP contribution in [0.1, 0.15) is 16.8 Å². The lowest BCUT2D eigenvalue weighted by Gasteiger charge is -2.15. The van der Waals surface area contributed by atoms with Crippen LogP contribution in [0.2, 0.25) is 0 Å². The Kier molecular flexibility index (Phi) is 6.47. The summed E-state index contributed by atoms with van der Waals surface area (Å²) >= 11 is 1.46.